The zero-order valence-corrected chi connectivity index (χ0v) is 12.9. The monoisotopic (exact) mass is 299 g/mol. The second-order valence-electron chi connectivity index (χ2n) is 5.27. The van der Waals surface area contributed by atoms with Crippen LogP contribution in [0.2, 0.25) is 0 Å². The Morgan fingerprint density at radius 3 is 2.75 bits per heavy atom. The van der Waals surface area contributed by atoms with Gasteiger partial charge in [-0.15, -0.1) is 0 Å². The van der Waals surface area contributed by atoms with Crippen molar-refractivity contribution in [1.29, 1.82) is 0 Å². The summed E-state index contributed by atoms with van der Waals surface area (Å²) in [6.45, 7) is 6.03. The third kappa shape index (κ3) is 2.74. The van der Waals surface area contributed by atoms with E-state index < -0.39 is 10.0 Å². The maximum Gasteiger partial charge on any atom is 0.243 e. The summed E-state index contributed by atoms with van der Waals surface area (Å²) < 4.78 is 32.6. The maximum atomic E-state index is 12.8. The molecule has 1 aliphatic heterocycles. The molecule has 1 saturated heterocycles. The van der Waals surface area contributed by atoms with E-state index in [1.165, 1.54) is 4.31 Å². The van der Waals surface area contributed by atoms with Gasteiger partial charge in [-0.3, -0.25) is 0 Å². The van der Waals surface area contributed by atoms with Crippen LogP contribution in [0.25, 0.3) is 0 Å². The van der Waals surface area contributed by atoms with E-state index in [1.807, 2.05) is 13.8 Å². The van der Waals surface area contributed by atoms with Crippen LogP contribution in [0.5, 0.6) is 0 Å². The zero-order chi connectivity index (χ0) is 14.9. The molecule has 1 fully saturated rings. The lowest BCUT2D eigenvalue weighted by Gasteiger charge is -2.36. The molecule has 2 atom stereocenters. The van der Waals surface area contributed by atoms with Crippen LogP contribution in [0.3, 0.4) is 0 Å². The van der Waals surface area contributed by atoms with Gasteiger partial charge in [-0.25, -0.2) is 8.42 Å². The predicted molar refractivity (Wildman–Crippen MR) is 75.9 cm³/mol. The maximum absolute atomic E-state index is 12.8. The number of benzene rings is 1. The van der Waals surface area contributed by atoms with Crippen LogP contribution in [-0.2, 0) is 21.4 Å². The minimum Gasteiger partial charge on any atom is -0.392 e. The smallest absolute Gasteiger partial charge is 0.243 e. The molecule has 0 amide bonds. The molecule has 0 aliphatic carbocycles. The van der Waals surface area contributed by atoms with Gasteiger partial charge in [0.1, 0.15) is 0 Å². The number of rotatable bonds is 3. The van der Waals surface area contributed by atoms with E-state index in [9.17, 15) is 13.5 Å². The third-order valence-electron chi connectivity index (χ3n) is 3.70. The van der Waals surface area contributed by atoms with Crippen LogP contribution in [0, 0.1) is 6.92 Å². The van der Waals surface area contributed by atoms with Crippen molar-refractivity contribution < 1.29 is 18.3 Å². The summed E-state index contributed by atoms with van der Waals surface area (Å²) in [5.41, 5.74) is 1.25. The first kappa shape index (κ1) is 15.4. The van der Waals surface area contributed by atoms with E-state index in [-0.39, 0.29) is 23.6 Å². The summed E-state index contributed by atoms with van der Waals surface area (Å²) in [7, 11) is -3.57. The van der Waals surface area contributed by atoms with Crippen molar-refractivity contribution in [3.63, 3.8) is 0 Å². The first-order chi connectivity index (χ1) is 9.37. The number of hydrogen-bond acceptors (Lipinski definition) is 4. The number of aliphatic hydroxyl groups excluding tert-OH is 1. The van der Waals surface area contributed by atoms with Gasteiger partial charge in [-0.05, 0) is 38.0 Å². The fourth-order valence-corrected chi connectivity index (χ4v) is 4.41. The fourth-order valence-electron chi connectivity index (χ4n) is 2.44. The number of morpholine rings is 1. The largest absolute Gasteiger partial charge is 0.392 e. The Balaban J connectivity index is 2.44. The van der Waals surface area contributed by atoms with E-state index in [1.54, 1.807) is 25.1 Å². The highest BCUT2D eigenvalue weighted by Gasteiger charge is 2.35. The summed E-state index contributed by atoms with van der Waals surface area (Å²) in [6, 6.07) is 4.81. The van der Waals surface area contributed by atoms with E-state index in [0.717, 1.165) is 0 Å². The zero-order valence-electron chi connectivity index (χ0n) is 12.0. The lowest BCUT2D eigenvalue weighted by Crippen LogP contribution is -2.50. The van der Waals surface area contributed by atoms with Gasteiger partial charge in [-0.1, -0.05) is 12.1 Å². The topological polar surface area (TPSA) is 66.8 Å². The van der Waals surface area contributed by atoms with Crippen molar-refractivity contribution in [2.45, 2.75) is 44.4 Å². The second kappa shape index (κ2) is 5.81. The standard InChI is InChI=1S/C14H21NO4S/c1-10-9-19-11(2)7-15(10)20(17,18)14-6-4-5-13(8-16)12(14)3/h4-6,10-11,16H,7-9H2,1-3H3. The quantitative estimate of drug-likeness (QED) is 0.913. The minimum absolute atomic E-state index is 0.109. The Labute approximate surface area is 120 Å². The summed E-state index contributed by atoms with van der Waals surface area (Å²) in [5, 5.41) is 9.28. The summed E-state index contributed by atoms with van der Waals surface area (Å²) in [6.07, 6.45) is -0.109. The molecule has 1 N–H and O–H groups in total. The van der Waals surface area contributed by atoms with Gasteiger partial charge in [0.05, 0.1) is 24.2 Å². The average molecular weight is 299 g/mol. The lowest BCUT2D eigenvalue weighted by atomic mass is 10.1. The Hall–Kier alpha value is -0.950. The second-order valence-corrected chi connectivity index (χ2v) is 7.13. The lowest BCUT2D eigenvalue weighted by molar-refractivity contribution is -0.0170. The number of hydrogen-bond donors (Lipinski definition) is 1. The van der Waals surface area contributed by atoms with Gasteiger partial charge in [-0.2, -0.15) is 4.31 Å². The van der Waals surface area contributed by atoms with E-state index in [2.05, 4.69) is 0 Å². The molecule has 20 heavy (non-hydrogen) atoms. The SMILES string of the molecule is Cc1c(CO)cccc1S(=O)(=O)N1CC(C)OCC1C. The van der Waals surface area contributed by atoms with Crippen LogP contribution in [0.4, 0.5) is 0 Å². The van der Waals surface area contributed by atoms with Gasteiger partial charge >= 0.3 is 0 Å². The molecule has 0 bridgehead atoms. The predicted octanol–water partition coefficient (Wildman–Crippen LogP) is 1.29. The van der Waals surface area contributed by atoms with Crippen molar-refractivity contribution >= 4 is 10.0 Å². The fraction of sp³-hybridized carbons (Fsp3) is 0.571. The molecule has 0 radical (unpaired) electrons. The van der Waals surface area contributed by atoms with Gasteiger partial charge in [0.25, 0.3) is 0 Å². The molecule has 0 saturated carbocycles. The molecular formula is C14H21NO4S. The molecule has 112 valence electrons. The average Bonchev–Trinajstić information content (AvgIpc) is 2.41. The molecule has 0 spiro atoms. The van der Waals surface area contributed by atoms with Gasteiger partial charge < -0.3 is 9.84 Å². The Bertz CT molecular complexity index is 585. The van der Waals surface area contributed by atoms with Crippen LogP contribution < -0.4 is 0 Å². The molecule has 6 heteroatoms. The van der Waals surface area contributed by atoms with Gasteiger partial charge in [0.15, 0.2) is 0 Å². The highest BCUT2D eigenvalue weighted by molar-refractivity contribution is 7.89. The summed E-state index contributed by atoms with van der Waals surface area (Å²) >= 11 is 0. The highest BCUT2D eigenvalue weighted by atomic mass is 32.2. The molecule has 2 rings (SSSR count). The third-order valence-corrected chi connectivity index (χ3v) is 5.83. The van der Waals surface area contributed by atoms with Crippen LogP contribution in [0.15, 0.2) is 23.1 Å². The molecule has 0 aromatic heterocycles. The van der Waals surface area contributed by atoms with Crippen molar-refractivity contribution in [2.75, 3.05) is 13.2 Å². The van der Waals surface area contributed by atoms with E-state index in [4.69, 9.17) is 4.74 Å². The van der Waals surface area contributed by atoms with Gasteiger partial charge in [0, 0.05) is 12.6 Å². The Kier molecular flexibility index (Phi) is 4.49. The van der Waals surface area contributed by atoms with Crippen LogP contribution in [0.1, 0.15) is 25.0 Å². The van der Waals surface area contributed by atoms with E-state index in [0.29, 0.717) is 24.3 Å². The molecule has 1 aromatic carbocycles. The van der Waals surface area contributed by atoms with Crippen molar-refractivity contribution in [3.8, 4) is 0 Å². The Morgan fingerprint density at radius 2 is 2.10 bits per heavy atom. The number of nitrogens with zero attached hydrogens (tertiary/aromatic N) is 1. The first-order valence-electron chi connectivity index (χ1n) is 6.70. The van der Waals surface area contributed by atoms with E-state index >= 15 is 0 Å². The molecule has 1 aromatic rings. The molecule has 1 aliphatic rings. The Morgan fingerprint density at radius 1 is 1.40 bits per heavy atom. The molecule has 5 nitrogen and oxygen atoms in total. The van der Waals surface area contributed by atoms with Gasteiger partial charge in [0.2, 0.25) is 10.0 Å². The highest BCUT2D eigenvalue weighted by Crippen LogP contribution is 2.26. The molecule has 2 unspecified atom stereocenters. The number of ether oxygens (including phenoxy) is 1. The minimum atomic E-state index is -3.57. The number of sulfonamides is 1. The normalized spacial score (nSPS) is 24.8. The molecular weight excluding hydrogens is 278 g/mol. The number of aliphatic hydroxyl groups is 1. The van der Waals surface area contributed by atoms with Crippen molar-refractivity contribution in [1.82, 2.24) is 4.31 Å². The molecule has 1 heterocycles. The van der Waals surface area contributed by atoms with Crippen LogP contribution in [-0.4, -0.2) is 43.1 Å². The van der Waals surface area contributed by atoms with Crippen LogP contribution >= 0.6 is 0 Å². The van der Waals surface area contributed by atoms with Crippen molar-refractivity contribution in [3.05, 3.63) is 29.3 Å². The summed E-state index contributed by atoms with van der Waals surface area (Å²) in [4.78, 5) is 0.269. The summed E-state index contributed by atoms with van der Waals surface area (Å²) in [5.74, 6) is 0. The first-order valence-corrected chi connectivity index (χ1v) is 8.14. The van der Waals surface area contributed by atoms with Crippen molar-refractivity contribution in [2.24, 2.45) is 0 Å².